The van der Waals surface area contributed by atoms with Crippen molar-refractivity contribution in [3.8, 4) is 0 Å². The fourth-order valence-corrected chi connectivity index (χ4v) is 2.65. The molecule has 0 saturated heterocycles. The SMILES string of the molecule is CCNC(Cc1ccccn1)Cc1cc(Br)ccc1F. The fraction of sp³-hybridized carbons (Fsp3) is 0.312. The number of nitrogens with one attached hydrogen (secondary N) is 1. The third-order valence-electron chi connectivity index (χ3n) is 3.15. The number of nitrogens with zero attached hydrogens (tertiary/aromatic N) is 1. The molecule has 0 fully saturated rings. The van der Waals surface area contributed by atoms with Crippen molar-refractivity contribution in [2.75, 3.05) is 6.54 Å². The van der Waals surface area contributed by atoms with Gasteiger partial charge in [-0.15, -0.1) is 0 Å². The van der Waals surface area contributed by atoms with E-state index in [1.165, 1.54) is 6.07 Å². The van der Waals surface area contributed by atoms with Gasteiger partial charge in [0.05, 0.1) is 0 Å². The second-order valence-corrected chi connectivity index (χ2v) is 5.64. The van der Waals surface area contributed by atoms with Gasteiger partial charge in [-0.3, -0.25) is 4.98 Å². The van der Waals surface area contributed by atoms with E-state index in [2.05, 4.69) is 33.2 Å². The average molecular weight is 337 g/mol. The molecule has 1 aromatic heterocycles. The van der Waals surface area contributed by atoms with Gasteiger partial charge in [0.1, 0.15) is 5.82 Å². The molecule has 0 bridgehead atoms. The Balaban J connectivity index is 2.11. The molecular formula is C16H18BrFN2. The van der Waals surface area contributed by atoms with Crippen molar-refractivity contribution in [3.63, 3.8) is 0 Å². The van der Waals surface area contributed by atoms with Crippen LogP contribution in [0.4, 0.5) is 4.39 Å². The van der Waals surface area contributed by atoms with Crippen molar-refractivity contribution in [2.45, 2.75) is 25.8 Å². The maximum Gasteiger partial charge on any atom is 0.126 e. The highest BCUT2D eigenvalue weighted by atomic mass is 79.9. The first kappa shape index (κ1) is 15.1. The maximum atomic E-state index is 13.8. The minimum atomic E-state index is -0.155. The summed E-state index contributed by atoms with van der Waals surface area (Å²) in [5.74, 6) is -0.155. The van der Waals surface area contributed by atoms with Crippen LogP contribution in [-0.2, 0) is 12.8 Å². The van der Waals surface area contributed by atoms with Gasteiger partial charge in [0.2, 0.25) is 0 Å². The summed E-state index contributed by atoms with van der Waals surface area (Å²) in [7, 11) is 0. The predicted molar refractivity (Wildman–Crippen MR) is 83.2 cm³/mol. The molecule has 0 aliphatic heterocycles. The lowest BCUT2D eigenvalue weighted by Crippen LogP contribution is -2.33. The Morgan fingerprint density at radius 1 is 1.25 bits per heavy atom. The summed E-state index contributed by atoms with van der Waals surface area (Å²) in [4.78, 5) is 4.34. The zero-order valence-electron chi connectivity index (χ0n) is 11.4. The topological polar surface area (TPSA) is 24.9 Å². The Hall–Kier alpha value is -1.26. The van der Waals surface area contributed by atoms with Gasteiger partial charge in [0, 0.05) is 28.8 Å². The normalized spacial score (nSPS) is 12.3. The third-order valence-corrected chi connectivity index (χ3v) is 3.64. The lowest BCUT2D eigenvalue weighted by atomic mass is 10.0. The minimum absolute atomic E-state index is 0.155. The molecular weight excluding hydrogens is 319 g/mol. The number of aromatic nitrogens is 1. The second-order valence-electron chi connectivity index (χ2n) is 4.72. The van der Waals surface area contributed by atoms with Gasteiger partial charge >= 0.3 is 0 Å². The molecule has 1 N–H and O–H groups in total. The predicted octanol–water partition coefficient (Wildman–Crippen LogP) is 3.75. The number of likely N-dealkylation sites (N-methyl/N-ethyl adjacent to an activating group) is 1. The van der Waals surface area contributed by atoms with Crippen molar-refractivity contribution in [1.29, 1.82) is 0 Å². The first-order valence-corrected chi connectivity index (χ1v) is 7.55. The van der Waals surface area contributed by atoms with E-state index in [4.69, 9.17) is 0 Å². The summed E-state index contributed by atoms with van der Waals surface area (Å²) in [6, 6.07) is 11.1. The smallest absolute Gasteiger partial charge is 0.126 e. The molecule has 106 valence electrons. The molecule has 2 aromatic rings. The maximum absolute atomic E-state index is 13.8. The van der Waals surface area contributed by atoms with Crippen molar-refractivity contribution in [2.24, 2.45) is 0 Å². The molecule has 20 heavy (non-hydrogen) atoms. The Bertz CT molecular complexity index is 545. The van der Waals surface area contributed by atoms with Crippen LogP contribution in [-0.4, -0.2) is 17.6 Å². The summed E-state index contributed by atoms with van der Waals surface area (Å²) in [6.07, 6.45) is 3.23. The highest BCUT2D eigenvalue weighted by Crippen LogP contribution is 2.18. The molecule has 1 atom stereocenters. The van der Waals surface area contributed by atoms with E-state index in [0.29, 0.717) is 6.42 Å². The standard InChI is InChI=1S/C16H18BrFN2/c1-2-19-15(11-14-5-3-4-8-20-14)10-12-9-13(17)6-7-16(12)18/h3-9,15,19H,2,10-11H2,1H3. The van der Waals surface area contributed by atoms with E-state index in [-0.39, 0.29) is 11.9 Å². The zero-order chi connectivity index (χ0) is 14.4. The minimum Gasteiger partial charge on any atom is -0.314 e. The van der Waals surface area contributed by atoms with Crippen LogP contribution in [0.15, 0.2) is 47.1 Å². The lowest BCUT2D eigenvalue weighted by Gasteiger charge is -2.18. The van der Waals surface area contributed by atoms with Crippen LogP contribution < -0.4 is 5.32 Å². The van der Waals surface area contributed by atoms with Crippen molar-refractivity contribution >= 4 is 15.9 Å². The number of pyridine rings is 1. The van der Waals surface area contributed by atoms with E-state index in [1.807, 2.05) is 24.3 Å². The van der Waals surface area contributed by atoms with Gasteiger partial charge in [-0.05, 0) is 48.9 Å². The monoisotopic (exact) mass is 336 g/mol. The molecule has 1 heterocycles. The first-order chi connectivity index (χ1) is 9.69. The highest BCUT2D eigenvalue weighted by molar-refractivity contribution is 9.10. The van der Waals surface area contributed by atoms with Crippen LogP contribution in [0.2, 0.25) is 0 Å². The highest BCUT2D eigenvalue weighted by Gasteiger charge is 2.13. The summed E-state index contributed by atoms with van der Waals surface area (Å²) < 4.78 is 14.7. The molecule has 0 spiro atoms. The van der Waals surface area contributed by atoms with Gasteiger partial charge in [0.25, 0.3) is 0 Å². The van der Waals surface area contributed by atoms with Crippen LogP contribution in [0, 0.1) is 5.82 Å². The van der Waals surface area contributed by atoms with Crippen LogP contribution in [0.25, 0.3) is 0 Å². The molecule has 1 aromatic carbocycles. The average Bonchev–Trinajstić information content (AvgIpc) is 2.44. The van der Waals surface area contributed by atoms with E-state index in [0.717, 1.165) is 28.7 Å². The Labute approximate surface area is 127 Å². The van der Waals surface area contributed by atoms with Gasteiger partial charge in [-0.1, -0.05) is 28.9 Å². The molecule has 2 rings (SSSR count). The summed E-state index contributed by atoms with van der Waals surface area (Å²) in [5, 5.41) is 3.40. The largest absolute Gasteiger partial charge is 0.314 e. The van der Waals surface area contributed by atoms with Crippen LogP contribution in [0.3, 0.4) is 0 Å². The molecule has 2 nitrogen and oxygen atoms in total. The van der Waals surface area contributed by atoms with Crippen molar-refractivity contribution < 1.29 is 4.39 Å². The van der Waals surface area contributed by atoms with Gasteiger partial charge in [-0.2, -0.15) is 0 Å². The van der Waals surface area contributed by atoms with E-state index in [9.17, 15) is 4.39 Å². The fourth-order valence-electron chi connectivity index (χ4n) is 2.24. The van der Waals surface area contributed by atoms with Gasteiger partial charge < -0.3 is 5.32 Å². The van der Waals surface area contributed by atoms with Crippen molar-refractivity contribution in [1.82, 2.24) is 10.3 Å². The number of hydrogen-bond acceptors (Lipinski definition) is 2. The molecule has 1 unspecified atom stereocenters. The molecule has 0 amide bonds. The van der Waals surface area contributed by atoms with Gasteiger partial charge in [-0.25, -0.2) is 4.39 Å². The number of hydrogen-bond donors (Lipinski definition) is 1. The number of benzene rings is 1. The quantitative estimate of drug-likeness (QED) is 0.868. The van der Waals surface area contributed by atoms with E-state index in [1.54, 1.807) is 12.3 Å². The third kappa shape index (κ3) is 4.39. The molecule has 0 radical (unpaired) electrons. The van der Waals surface area contributed by atoms with Gasteiger partial charge in [0.15, 0.2) is 0 Å². The zero-order valence-corrected chi connectivity index (χ0v) is 13.0. The lowest BCUT2D eigenvalue weighted by molar-refractivity contribution is 0.501. The van der Waals surface area contributed by atoms with Crippen LogP contribution >= 0.6 is 15.9 Å². The summed E-state index contributed by atoms with van der Waals surface area (Å²) in [5.41, 5.74) is 1.75. The Kier molecular flexibility index (Phi) is 5.68. The Morgan fingerprint density at radius 2 is 2.10 bits per heavy atom. The number of rotatable bonds is 6. The summed E-state index contributed by atoms with van der Waals surface area (Å²) in [6.45, 7) is 2.91. The first-order valence-electron chi connectivity index (χ1n) is 6.76. The van der Waals surface area contributed by atoms with E-state index < -0.39 is 0 Å². The Morgan fingerprint density at radius 3 is 2.80 bits per heavy atom. The molecule has 0 aliphatic rings. The molecule has 4 heteroatoms. The molecule has 0 saturated carbocycles. The second kappa shape index (κ2) is 7.50. The summed E-state index contributed by atoms with van der Waals surface area (Å²) >= 11 is 3.39. The van der Waals surface area contributed by atoms with Crippen molar-refractivity contribution in [3.05, 3.63) is 64.1 Å². The van der Waals surface area contributed by atoms with E-state index >= 15 is 0 Å². The molecule has 0 aliphatic carbocycles. The van der Waals surface area contributed by atoms with Crippen LogP contribution in [0.1, 0.15) is 18.2 Å². The number of halogens is 2. The van der Waals surface area contributed by atoms with Crippen LogP contribution in [0.5, 0.6) is 0 Å².